The molecule has 1 amide bonds. The summed E-state index contributed by atoms with van der Waals surface area (Å²) in [6.07, 6.45) is 1.76. The third-order valence-electron chi connectivity index (χ3n) is 4.81. The molecule has 1 aliphatic heterocycles. The van der Waals surface area contributed by atoms with Crippen molar-refractivity contribution in [1.29, 1.82) is 0 Å². The number of hydrogen-bond donors (Lipinski definition) is 2. The second-order valence-corrected chi connectivity index (χ2v) is 6.60. The van der Waals surface area contributed by atoms with E-state index in [-0.39, 0.29) is 5.56 Å². The van der Waals surface area contributed by atoms with E-state index in [0.29, 0.717) is 17.8 Å². The van der Waals surface area contributed by atoms with Crippen molar-refractivity contribution in [2.45, 2.75) is 20.4 Å². The Labute approximate surface area is 152 Å². The Bertz CT molecular complexity index is 855. The minimum Gasteiger partial charge on any atom is -0.354 e. The molecule has 0 aromatic carbocycles. The minimum absolute atomic E-state index is 0.113. The average molecular weight is 356 g/mol. The molecule has 2 aromatic rings. The van der Waals surface area contributed by atoms with Crippen LogP contribution in [0.4, 0.5) is 5.82 Å². The zero-order valence-corrected chi connectivity index (χ0v) is 15.4. The number of piperazine rings is 1. The van der Waals surface area contributed by atoms with Gasteiger partial charge in [0.15, 0.2) is 0 Å². The van der Waals surface area contributed by atoms with Crippen LogP contribution in [0, 0.1) is 13.8 Å². The Morgan fingerprint density at radius 1 is 1.27 bits per heavy atom. The summed E-state index contributed by atoms with van der Waals surface area (Å²) >= 11 is 0. The molecule has 0 bridgehead atoms. The van der Waals surface area contributed by atoms with Crippen LogP contribution in [0.5, 0.6) is 0 Å². The van der Waals surface area contributed by atoms with E-state index in [4.69, 9.17) is 0 Å². The number of amides is 1. The van der Waals surface area contributed by atoms with Gasteiger partial charge >= 0.3 is 0 Å². The molecule has 8 nitrogen and oxygen atoms in total. The second kappa shape index (κ2) is 7.65. The lowest BCUT2D eigenvalue weighted by Crippen LogP contribution is -2.45. The maximum absolute atomic E-state index is 12.5. The number of nitrogens with zero attached hydrogens (tertiary/aromatic N) is 4. The Kier molecular flexibility index (Phi) is 5.32. The van der Waals surface area contributed by atoms with Crippen LogP contribution < -0.4 is 15.8 Å². The quantitative estimate of drug-likeness (QED) is 0.827. The number of aromatic amines is 1. The highest BCUT2D eigenvalue weighted by Gasteiger charge is 2.20. The highest BCUT2D eigenvalue weighted by molar-refractivity contribution is 5.95. The summed E-state index contributed by atoms with van der Waals surface area (Å²) < 4.78 is 0. The Hall–Kier alpha value is -2.74. The third kappa shape index (κ3) is 3.75. The van der Waals surface area contributed by atoms with Crippen molar-refractivity contribution >= 4 is 11.7 Å². The number of nitrogens with one attached hydrogen (secondary N) is 2. The first kappa shape index (κ1) is 18.1. The molecule has 0 saturated carbocycles. The topological polar surface area (TPSA) is 94.2 Å². The van der Waals surface area contributed by atoms with Gasteiger partial charge in [-0.2, -0.15) is 5.10 Å². The van der Waals surface area contributed by atoms with Gasteiger partial charge in [-0.05, 0) is 32.5 Å². The van der Waals surface area contributed by atoms with Gasteiger partial charge in [0.25, 0.3) is 11.5 Å². The van der Waals surface area contributed by atoms with Crippen LogP contribution in [0.3, 0.4) is 0 Å². The molecule has 8 heteroatoms. The number of pyridine rings is 1. The minimum atomic E-state index is -0.476. The van der Waals surface area contributed by atoms with Gasteiger partial charge in [0, 0.05) is 44.5 Å². The molecule has 1 aliphatic rings. The van der Waals surface area contributed by atoms with Crippen LogP contribution in [-0.4, -0.2) is 59.2 Å². The van der Waals surface area contributed by atoms with Gasteiger partial charge in [-0.3, -0.25) is 9.59 Å². The Morgan fingerprint density at radius 2 is 2.00 bits per heavy atom. The van der Waals surface area contributed by atoms with Crippen LogP contribution in [-0.2, 0) is 6.54 Å². The SMILES string of the molecule is Cc1n[nH]c(=O)c(C(=O)NCc2cccnc2N2CCN(C)CC2)c1C. The van der Waals surface area contributed by atoms with Gasteiger partial charge in [0.1, 0.15) is 11.4 Å². The van der Waals surface area contributed by atoms with E-state index in [1.54, 1.807) is 20.0 Å². The first-order chi connectivity index (χ1) is 12.5. The second-order valence-electron chi connectivity index (χ2n) is 6.60. The smallest absolute Gasteiger partial charge is 0.277 e. The first-order valence-electron chi connectivity index (χ1n) is 8.69. The maximum atomic E-state index is 12.5. The van der Waals surface area contributed by atoms with Gasteiger partial charge in [-0.25, -0.2) is 10.1 Å². The molecule has 26 heavy (non-hydrogen) atoms. The molecule has 138 valence electrons. The lowest BCUT2D eigenvalue weighted by Gasteiger charge is -2.34. The van der Waals surface area contributed by atoms with Gasteiger partial charge in [0.2, 0.25) is 0 Å². The van der Waals surface area contributed by atoms with Gasteiger partial charge in [-0.15, -0.1) is 0 Å². The molecule has 0 radical (unpaired) electrons. The molecular weight excluding hydrogens is 332 g/mol. The van der Waals surface area contributed by atoms with Gasteiger partial charge in [0.05, 0.1) is 5.69 Å². The zero-order valence-electron chi connectivity index (χ0n) is 15.4. The van der Waals surface area contributed by atoms with Crippen LogP contribution in [0.15, 0.2) is 23.1 Å². The molecule has 0 spiro atoms. The molecule has 0 aliphatic carbocycles. The van der Waals surface area contributed by atoms with Crippen LogP contribution in [0.25, 0.3) is 0 Å². The van der Waals surface area contributed by atoms with E-state index >= 15 is 0 Å². The largest absolute Gasteiger partial charge is 0.354 e. The number of H-pyrrole nitrogens is 1. The number of carbonyl (C=O) groups excluding carboxylic acids is 1. The number of aromatic nitrogens is 3. The fourth-order valence-corrected chi connectivity index (χ4v) is 3.03. The number of carbonyl (C=O) groups is 1. The fraction of sp³-hybridized carbons (Fsp3) is 0.444. The summed E-state index contributed by atoms with van der Waals surface area (Å²) in [4.78, 5) is 33.5. The van der Waals surface area contributed by atoms with Crippen molar-refractivity contribution in [3.05, 3.63) is 51.1 Å². The molecule has 3 heterocycles. The molecule has 1 fully saturated rings. The average Bonchev–Trinajstić information content (AvgIpc) is 2.64. The molecule has 1 saturated heterocycles. The summed E-state index contributed by atoms with van der Waals surface area (Å²) in [5, 5.41) is 9.10. The van der Waals surface area contributed by atoms with Crippen molar-refractivity contribution in [2.24, 2.45) is 0 Å². The predicted octanol–water partition coefficient (Wildman–Crippen LogP) is 0.464. The number of rotatable bonds is 4. The summed E-state index contributed by atoms with van der Waals surface area (Å²) in [5.74, 6) is 0.486. The monoisotopic (exact) mass is 356 g/mol. The molecular formula is C18H24N6O2. The van der Waals surface area contributed by atoms with E-state index in [0.717, 1.165) is 37.6 Å². The van der Waals surface area contributed by atoms with E-state index < -0.39 is 11.5 Å². The maximum Gasteiger partial charge on any atom is 0.277 e. The standard InChI is InChI=1S/C18H24N6O2/c1-12-13(2)21-22-18(26)15(12)17(25)20-11-14-5-4-6-19-16(14)24-9-7-23(3)8-10-24/h4-6H,7-11H2,1-3H3,(H,20,25)(H,22,26). The number of anilines is 1. The lowest BCUT2D eigenvalue weighted by atomic mass is 10.1. The van der Waals surface area contributed by atoms with Crippen molar-refractivity contribution in [3.8, 4) is 0 Å². The van der Waals surface area contributed by atoms with Crippen LogP contribution >= 0.6 is 0 Å². The summed E-state index contributed by atoms with van der Waals surface area (Å²) in [7, 11) is 2.10. The number of hydrogen-bond acceptors (Lipinski definition) is 6. The molecule has 0 unspecified atom stereocenters. The Morgan fingerprint density at radius 3 is 2.73 bits per heavy atom. The normalized spacial score (nSPS) is 15.1. The first-order valence-corrected chi connectivity index (χ1v) is 8.69. The number of likely N-dealkylation sites (N-methyl/N-ethyl adjacent to an activating group) is 1. The van der Waals surface area contributed by atoms with E-state index in [1.807, 2.05) is 12.1 Å². The molecule has 2 N–H and O–H groups in total. The zero-order chi connectivity index (χ0) is 18.7. The van der Waals surface area contributed by atoms with Crippen LogP contribution in [0.2, 0.25) is 0 Å². The Balaban J connectivity index is 1.76. The van der Waals surface area contributed by atoms with E-state index in [1.165, 1.54) is 0 Å². The van der Waals surface area contributed by atoms with Crippen molar-refractivity contribution < 1.29 is 4.79 Å². The third-order valence-corrected chi connectivity index (χ3v) is 4.81. The molecule has 2 aromatic heterocycles. The van der Waals surface area contributed by atoms with Crippen LogP contribution in [0.1, 0.15) is 27.2 Å². The van der Waals surface area contributed by atoms with E-state index in [2.05, 4.69) is 37.3 Å². The predicted molar refractivity (Wildman–Crippen MR) is 99.4 cm³/mol. The van der Waals surface area contributed by atoms with Crippen molar-refractivity contribution in [2.75, 3.05) is 38.1 Å². The van der Waals surface area contributed by atoms with E-state index in [9.17, 15) is 9.59 Å². The summed E-state index contributed by atoms with van der Waals surface area (Å²) in [5.41, 5.74) is 1.80. The summed E-state index contributed by atoms with van der Waals surface area (Å²) in [6, 6.07) is 3.81. The summed E-state index contributed by atoms with van der Waals surface area (Å²) in [6.45, 7) is 7.56. The highest BCUT2D eigenvalue weighted by atomic mass is 16.2. The molecule has 3 rings (SSSR count). The lowest BCUT2D eigenvalue weighted by molar-refractivity contribution is 0.0948. The van der Waals surface area contributed by atoms with Crippen molar-refractivity contribution in [1.82, 2.24) is 25.4 Å². The fourth-order valence-electron chi connectivity index (χ4n) is 3.03. The van der Waals surface area contributed by atoms with Crippen molar-refractivity contribution in [3.63, 3.8) is 0 Å². The highest BCUT2D eigenvalue weighted by Crippen LogP contribution is 2.18. The van der Waals surface area contributed by atoms with Gasteiger partial charge < -0.3 is 15.1 Å². The molecule has 0 atom stereocenters. The van der Waals surface area contributed by atoms with Gasteiger partial charge in [-0.1, -0.05) is 6.07 Å². The number of aryl methyl sites for hydroxylation is 1.